The van der Waals surface area contributed by atoms with Crippen LogP contribution in [0.3, 0.4) is 0 Å². The van der Waals surface area contributed by atoms with E-state index in [1.807, 2.05) is 0 Å². The summed E-state index contributed by atoms with van der Waals surface area (Å²) in [5.41, 5.74) is 2.35. The van der Waals surface area contributed by atoms with E-state index in [2.05, 4.69) is 35.4 Å². The summed E-state index contributed by atoms with van der Waals surface area (Å²) in [5, 5.41) is 4.02. The Morgan fingerprint density at radius 1 is 1.25 bits per heavy atom. The van der Waals surface area contributed by atoms with Gasteiger partial charge in [0.05, 0.1) is 5.02 Å². The van der Waals surface area contributed by atoms with Gasteiger partial charge in [0.25, 0.3) is 0 Å². The average molecular weight is 232 g/mol. The van der Waals surface area contributed by atoms with Gasteiger partial charge in [-0.3, -0.25) is 0 Å². The monoisotopic (exact) mass is 231 g/mol. The second-order valence-corrected chi connectivity index (χ2v) is 5.05. The molecule has 2 aliphatic rings. The van der Waals surface area contributed by atoms with Crippen LogP contribution in [0.15, 0.2) is 18.2 Å². The average Bonchev–Trinajstić information content (AvgIpc) is 3.01. The Morgan fingerprint density at radius 2 is 2.06 bits per heavy atom. The molecule has 1 nitrogen and oxygen atoms in total. The molecule has 1 aliphatic carbocycles. The number of hydrogen-bond donors (Lipinski definition) is 1. The Hall–Kier alpha value is -0.970. The molecule has 2 heteroatoms. The Kier molecular flexibility index (Phi) is 2.63. The minimum absolute atomic E-state index is 0.513. The molecular weight excluding hydrogens is 218 g/mol. The van der Waals surface area contributed by atoms with Crippen LogP contribution < -0.4 is 5.32 Å². The third-order valence-corrected chi connectivity index (χ3v) is 3.55. The van der Waals surface area contributed by atoms with E-state index in [0.717, 1.165) is 29.6 Å². The van der Waals surface area contributed by atoms with Gasteiger partial charge in [-0.2, -0.15) is 0 Å². The predicted octanol–water partition coefficient (Wildman–Crippen LogP) is 2.79. The van der Waals surface area contributed by atoms with Crippen molar-refractivity contribution in [2.24, 2.45) is 5.92 Å². The van der Waals surface area contributed by atoms with Gasteiger partial charge in [-0.15, -0.1) is 0 Å². The molecule has 1 aliphatic heterocycles. The summed E-state index contributed by atoms with van der Waals surface area (Å²) in [6, 6.07) is 6.32. The fourth-order valence-electron chi connectivity index (χ4n) is 1.87. The lowest BCUT2D eigenvalue weighted by atomic mass is 10.0. The molecule has 82 valence electrons. The zero-order valence-corrected chi connectivity index (χ0v) is 9.85. The fraction of sp³-hybridized carbons (Fsp3) is 0.429. The van der Waals surface area contributed by atoms with Crippen molar-refractivity contribution in [1.29, 1.82) is 0 Å². The van der Waals surface area contributed by atoms with Gasteiger partial charge in [0.15, 0.2) is 0 Å². The summed E-state index contributed by atoms with van der Waals surface area (Å²) in [5.74, 6) is 7.70. The predicted molar refractivity (Wildman–Crippen MR) is 66.7 cm³/mol. The second kappa shape index (κ2) is 4.13. The standard InChI is InChI=1S/C14H14ClN/c15-14-7-13(11-3-4-11)6-5-12(14)2-1-10-8-16-9-10/h5-7,10-11,16H,3-4,8-9H2. The number of nitrogens with one attached hydrogen (secondary N) is 1. The summed E-state index contributed by atoms with van der Waals surface area (Å²) < 4.78 is 0. The van der Waals surface area contributed by atoms with E-state index < -0.39 is 0 Å². The topological polar surface area (TPSA) is 12.0 Å². The number of halogens is 1. The van der Waals surface area contributed by atoms with E-state index >= 15 is 0 Å². The maximum Gasteiger partial charge on any atom is 0.0565 e. The first-order chi connectivity index (χ1) is 7.83. The maximum atomic E-state index is 6.23. The third-order valence-electron chi connectivity index (χ3n) is 3.23. The molecule has 0 atom stereocenters. The van der Waals surface area contributed by atoms with Gasteiger partial charge in [-0.1, -0.05) is 29.5 Å². The lowest BCUT2D eigenvalue weighted by molar-refractivity contribution is 0.432. The highest BCUT2D eigenvalue weighted by Crippen LogP contribution is 2.41. The van der Waals surface area contributed by atoms with Gasteiger partial charge in [-0.25, -0.2) is 0 Å². The smallest absolute Gasteiger partial charge is 0.0565 e. The van der Waals surface area contributed by atoms with Crippen molar-refractivity contribution >= 4 is 11.6 Å². The molecule has 0 amide bonds. The van der Waals surface area contributed by atoms with Crippen LogP contribution in [0.25, 0.3) is 0 Å². The first kappa shape index (κ1) is 10.2. The van der Waals surface area contributed by atoms with Crippen molar-refractivity contribution in [3.63, 3.8) is 0 Å². The largest absolute Gasteiger partial charge is 0.314 e. The first-order valence-electron chi connectivity index (χ1n) is 5.84. The molecule has 1 aromatic rings. The third kappa shape index (κ3) is 2.09. The molecule has 3 rings (SSSR count). The minimum Gasteiger partial charge on any atom is -0.314 e. The van der Waals surface area contributed by atoms with E-state index in [4.69, 9.17) is 11.6 Å². The molecule has 1 heterocycles. The van der Waals surface area contributed by atoms with Gasteiger partial charge in [0.2, 0.25) is 0 Å². The fourth-order valence-corrected chi connectivity index (χ4v) is 2.11. The van der Waals surface area contributed by atoms with Crippen molar-refractivity contribution in [2.45, 2.75) is 18.8 Å². The summed E-state index contributed by atoms with van der Waals surface area (Å²) in [6.45, 7) is 2.04. The van der Waals surface area contributed by atoms with Gasteiger partial charge in [0, 0.05) is 24.6 Å². The van der Waals surface area contributed by atoms with E-state index in [-0.39, 0.29) is 0 Å². The Balaban J connectivity index is 1.80. The number of benzene rings is 1. The highest BCUT2D eigenvalue weighted by molar-refractivity contribution is 6.31. The van der Waals surface area contributed by atoms with Crippen LogP contribution in [0.2, 0.25) is 5.02 Å². The van der Waals surface area contributed by atoms with Crippen LogP contribution in [-0.2, 0) is 0 Å². The van der Waals surface area contributed by atoms with Crippen molar-refractivity contribution in [2.75, 3.05) is 13.1 Å². The Bertz CT molecular complexity index is 461. The van der Waals surface area contributed by atoms with Crippen LogP contribution in [0.4, 0.5) is 0 Å². The quantitative estimate of drug-likeness (QED) is 0.733. The summed E-state index contributed by atoms with van der Waals surface area (Å²) in [4.78, 5) is 0. The molecule has 1 saturated carbocycles. The Labute approximate surface area is 101 Å². The van der Waals surface area contributed by atoms with E-state index in [1.54, 1.807) is 0 Å². The van der Waals surface area contributed by atoms with Crippen molar-refractivity contribution in [3.05, 3.63) is 34.3 Å². The molecule has 1 N–H and O–H groups in total. The van der Waals surface area contributed by atoms with Crippen LogP contribution in [-0.4, -0.2) is 13.1 Å². The van der Waals surface area contributed by atoms with Gasteiger partial charge < -0.3 is 5.32 Å². The summed E-state index contributed by atoms with van der Waals surface area (Å²) >= 11 is 6.23. The molecule has 0 radical (unpaired) electrons. The molecule has 1 aromatic carbocycles. The first-order valence-corrected chi connectivity index (χ1v) is 6.22. The zero-order chi connectivity index (χ0) is 11.0. The van der Waals surface area contributed by atoms with Crippen LogP contribution in [0, 0.1) is 17.8 Å². The van der Waals surface area contributed by atoms with E-state index in [1.165, 1.54) is 18.4 Å². The maximum absolute atomic E-state index is 6.23. The van der Waals surface area contributed by atoms with E-state index in [9.17, 15) is 0 Å². The van der Waals surface area contributed by atoms with Crippen molar-refractivity contribution in [1.82, 2.24) is 5.32 Å². The molecule has 16 heavy (non-hydrogen) atoms. The van der Waals surface area contributed by atoms with Crippen LogP contribution in [0.5, 0.6) is 0 Å². The molecule has 0 spiro atoms. The molecule has 0 unspecified atom stereocenters. The minimum atomic E-state index is 0.513. The highest BCUT2D eigenvalue weighted by atomic mass is 35.5. The lowest BCUT2D eigenvalue weighted by Gasteiger charge is -2.21. The van der Waals surface area contributed by atoms with Gasteiger partial charge in [-0.05, 0) is 36.5 Å². The number of rotatable bonds is 1. The molecule has 1 saturated heterocycles. The zero-order valence-electron chi connectivity index (χ0n) is 9.09. The highest BCUT2D eigenvalue weighted by Gasteiger charge is 2.23. The Morgan fingerprint density at radius 3 is 2.62 bits per heavy atom. The van der Waals surface area contributed by atoms with E-state index in [0.29, 0.717) is 5.92 Å². The van der Waals surface area contributed by atoms with Gasteiger partial charge >= 0.3 is 0 Å². The summed E-state index contributed by atoms with van der Waals surface area (Å²) in [7, 11) is 0. The molecular formula is C14H14ClN. The SMILES string of the molecule is Clc1cc(C2CC2)ccc1C#CC1CNC1. The molecule has 2 fully saturated rings. The number of hydrogen-bond acceptors (Lipinski definition) is 1. The van der Waals surface area contributed by atoms with Crippen LogP contribution in [0.1, 0.15) is 29.9 Å². The normalized spacial score (nSPS) is 19.8. The van der Waals surface area contributed by atoms with Crippen molar-refractivity contribution < 1.29 is 0 Å². The van der Waals surface area contributed by atoms with Gasteiger partial charge in [0.1, 0.15) is 0 Å². The lowest BCUT2D eigenvalue weighted by Crippen LogP contribution is -2.40. The molecule has 0 bridgehead atoms. The second-order valence-electron chi connectivity index (χ2n) is 4.64. The van der Waals surface area contributed by atoms with Crippen molar-refractivity contribution in [3.8, 4) is 11.8 Å². The molecule has 0 aromatic heterocycles. The van der Waals surface area contributed by atoms with Crippen LogP contribution >= 0.6 is 11.6 Å². The summed E-state index contributed by atoms with van der Waals surface area (Å²) in [6.07, 6.45) is 2.63.